The molecule has 0 unspecified atom stereocenters. The number of aliphatic hydroxyl groups excluding tert-OH is 2. The molecular weight excluding hydrogens is 1610 g/mol. The molecule has 23 N–H and O–H groups in total. The number of aromatic amines is 1. The zero-order valence-electron chi connectivity index (χ0n) is 71.5. The van der Waals surface area contributed by atoms with Crippen molar-refractivity contribution in [1.82, 2.24) is 78.2 Å². The Hall–Kier alpha value is -10.1. The number of rotatable bonds is 52. The number of hydrogen-bond donors (Lipinski definition) is 20. The summed E-state index contributed by atoms with van der Waals surface area (Å²) < 4.78 is 0. The van der Waals surface area contributed by atoms with Gasteiger partial charge in [0.2, 0.25) is 82.7 Å². The average Bonchev–Trinajstić information content (AvgIpc) is 1.63. The number of likely N-dealkylation sites (tertiary alicyclic amines) is 3. The van der Waals surface area contributed by atoms with Gasteiger partial charge in [-0.1, -0.05) is 66.2 Å². The summed E-state index contributed by atoms with van der Waals surface area (Å²) in [7, 11) is 0. The number of H-pyrrole nitrogens is 1. The van der Waals surface area contributed by atoms with Crippen molar-refractivity contribution in [3.05, 3.63) is 36.0 Å². The van der Waals surface area contributed by atoms with Gasteiger partial charge in [0.05, 0.1) is 24.7 Å². The van der Waals surface area contributed by atoms with Gasteiger partial charge in [-0.15, -0.1) is 0 Å². The van der Waals surface area contributed by atoms with Crippen LogP contribution in [0.5, 0.6) is 0 Å². The first-order chi connectivity index (χ1) is 57.7. The highest BCUT2D eigenvalue weighted by Gasteiger charge is 2.48. The fraction of sp³-hybridized carbons (Fsp3) is 0.691. The lowest BCUT2D eigenvalue weighted by Gasteiger charge is -2.35. The van der Waals surface area contributed by atoms with Gasteiger partial charge in [0, 0.05) is 49.6 Å². The van der Waals surface area contributed by atoms with Crippen LogP contribution in [-0.4, -0.2) is 293 Å². The largest absolute Gasteiger partial charge is 0.481 e. The first-order valence-corrected chi connectivity index (χ1v) is 43.6. The molecule has 0 bridgehead atoms. The van der Waals surface area contributed by atoms with Gasteiger partial charge in [-0.3, -0.25) is 76.7 Å². The summed E-state index contributed by atoms with van der Waals surface area (Å²) in [5, 5.41) is 80.1. The lowest BCUT2D eigenvalue weighted by Crippen LogP contribution is -2.62. The summed E-state index contributed by atoms with van der Waals surface area (Å²) in [6.07, 6.45) is 1.02. The second kappa shape index (κ2) is 50.5. The number of hydrogen-bond acceptors (Lipinski definition) is 23. The van der Waals surface area contributed by atoms with E-state index in [-0.39, 0.29) is 121 Å². The minimum atomic E-state index is -1.81. The standard InChI is InChI=1S/C81H130N18O22S/c1-11-44(6)64(76(115)89-53(24-15-17-32-83)71(110)95-65(46(8)100)77(116)90-55(81(120)121)28-29-62(102)103)94-73(112)57(39-48-41-85-51-22-13-12-21-49(48)51)91-72(111)56(38-43(4)5)92-74(113)59-25-19-34-98(59)79(118)61-27-20-35-99(61)80(119)66(47(9)101)96-75(114)60-26-18-33-97(60)78(117)58(40-63(104)105)93-70(109)54(30-36-122-10)87-67(106)45(7)86-69(108)52(23-14-16-31-82)88-68(107)50(84)37-42(2)3/h12-13,21-22,41-47,50,52-61,64-66,85,100-101H,11,14-20,23-40,82-84H2,1-10H3,(H,86,108)(H,87,106)(H,88,107)(H,89,115)(H,90,116)(H,91,111)(H,92,113)(H,93,109)(H,94,112)(H,95,110)(H,96,114)(H,102,103)(H,104,105)(H,120,121)/t44-,45-,46+,47+,50-,52-,53-,54-,55-,56-,57-,58-,59-,60-,61-,64-,65-,66-/m0/s1. The van der Waals surface area contributed by atoms with Crippen LogP contribution in [0.25, 0.3) is 10.9 Å². The molecule has 1 aromatic heterocycles. The van der Waals surface area contributed by atoms with Crippen molar-refractivity contribution in [2.75, 3.05) is 44.7 Å². The maximum Gasteiger partial charge on any atom is 0.326 e. The minimum absolute atomic E-state index is 0.000271. The molecule has 0 radical (unpaired) electrons. The predicted octanol–water partition coefficient (Wildman–Crippen LogP) is -2.30. The number of para-hydroxylation sites is 1. The van der Waals surface area contributed by atoms with Crippen molar-refractivity contribution >= 4 is 123 Å². The smallest absolute Gasteiger partial charge is 0.326 e. The van der Waals surface area contributed by atoms with Crippen molar-refractivity contribution in [3.63, 3.8) is 0 Å². The van der Waals surface area contributed by atoms with E-state index in [1.807, 2.05) is 13.8 Å². The number of benzene rings is 1. The molecule has 0 aliphatic carbocycles. The van der Waals surface area contributed by atoms with E-state index in [9.17, 15) is 92.3 Å². The number of carboxylic acid groups (broad SMARTS) is 3. The summed E-state index contributed by atoms with van der Waals surface area (Å²) in [6, 6.07) is -14.1. The maximum atomic E-state index is 15.1. The number of nitrogens with zero attached hydrogens (tertiary/aromatic N) is 3. The van der Waals surface area contributed by atoms with Gasteiger partial charge in [0.1, 0.15) is 84.6 Å². The van der Waals surface area contributed by atoms with Crippen LogP contribution in [-0.2, 0) is 87.9 Å². The Labute approximate surface area is 714 Å². The van der Waals surface area contributed by atoms with Crippen LogP contribution in [0.4, 0.5) is 0 Å². The van der Waals surface area contributed by atoms with Crippen LogP contribution in [0.1, 0.15) is 190 Å². The molecule has 1 aromatic carbocycles. The van der Waals surface area contributed by atoms with Crippen LogP contribution in [0, 0.1) is 17.8 Å². The molecule has 18 atom stereocenters. The third-order valence-electron chi connectivity index (χ3n) is 21.9. The average molecular weight is 1740 g/mol. The van der Waals surface area contributed by atoms with E-state index in [2.05, 4.69) is 63.5 Å². The zero-order chi connectivity index (χ0) is 90.9. The molecule has 3 aliphatic rings. The highest BCUT2D eigenvalue weighted by atomic mass is 32.2. The molecule has 0 spiro atoms. The SMILES string of the molecule is CC[C@H](C)[C@H](NC(=O)[C@H](Cc1c[nH]c2ccccc12)NC(=O)[C@H](CC(C)C)NC(=O)[C@@H]1CCCN1C(=O)[C@@H]1CCCN1C(=O)[C@@H](NC(=O)[C@@H]1CCCN1C(=O)[C@H](CC(=O)O)NC(=O)[C@H](CCSC)NC(=O)[C@H](C)NC(=O)[C@H](CCCCN)NC(=O)[C@@H](N)CC(C)C)[C@@H](C)O)C(=O)N[C@@H](CCCCN)C(=O)N[C@H](C(=O)N[C@@H](CCC(=O)O)C(=O)O)[C@@H](C)O. The monoisotopic (exact) mass is 1740 g/mol. The first kappa shape index (κ1) is 102. The van der Waals surface area contributed by atoms with E-state index >= 15 is 9.59 Å². The molecule has 682 valence electrons. The van der Waals surface area contributed by atoms with Crippen LogP contribution in [0.15, 0.2) is 30.5 Å². The van der Waals surface area contributed by atoms with Crippen molar-refractivity contribution in [1.29, 1.82) is 0 Å². The van der Waals surface area contributed by atoms with Gasteiger partial charge in [0.15, 0.2) is 0 Å². The van der Waals surface area contributed by atoms with Crippen LogP contribution >= 0.6 is 11.8 Å². The lowest BCUT2D eigenvalue weighted by atomic mass is 9.96. The van der Waals surface area contributed by atoms with Gasteiger partial charge < -0.3 is 121 Å². The van der Waals surface area contributed by atoms with Crippen molar-refractivity contribution in [2.45, 2.75) is 294 Å². The molecule has 122 heavy (non-hydrogen) atoms. The first-order valence-electron chi connectivity index (χ1n) is 42.2. The highest BCUT2D eigenvalue weighted by molar-refractivity contribution is 7.98. The van der Waals surface area contributed by atoms with E-state index in [0.29, 0.717) is 55.1 Å². The number of thioether (sulfide) groups is 1. The summed E-state index contributed by atoms with van der Waals surface area (Å²) in [6.45, 7) is 14.8. The number of carboxylic acids is 3. The number of fused-ring (bicyclic) bond motifs is 1. The summed E-state index contributed by atoms with van der Waals surface area (Å²) >= 11 is 1.31. The number of carbonyl (C=O) groups excluding carboxylic acids is 14. The molecule has 40 nitrogen and oxygen atoms in total. The normalized spacial score (nSPS) is 18.9. The molecule has 14 amide bonds. The second-order valence-electron chi connectivity index (χ2n) is 32.7. The number of aromatic nitrogens is 1. The quantitative estimate of drug-likeness (QED) is 0.0310. The molecule has 5 rings (SSSR count). The molecule has 3 aliphatic heterocycles. The second-order valence-corrected chi connectivity index (χ2v) is 33.7. The number of aliphatic hydroxyl groups is 2. The van der Waals surface area contributed by atoms with Crippen LogP contribution in [0.3, 0.4) is 0 Å². The number of unbranched alkanes of at least 4 members (excludes halogenated alkanes) is 2. The van der Waals surface area contributed by atoms with Gasteiger partial charge in [0.25, 0.3) is 0 Å². The predicted molar refractivity (Wildman–Crippen MR) is 448 cm³/mol. The number of aliphatic carboxylic acids is 3. The number of nitrogens with one attached hydrogen (secondary N) is 12. The number of amides is 14. The molecule has 3 fully saturated rings. The lowest BCUT2D eigenvalue weighted by molar-refractivity contribution is -0.150. The van der Waals surface area contributed by atoms with Crippen LogP contribution in [0.2, 0.25) is 0 Å². The van der Waals surface area contributed by atoms with Crippen molar-refractivity contribution in [3.8, 4) is 0 Å². The van der Waals surface area contributed by atoms with Gasteiger partial charge >= 0.3 is 17.9 Å². The Morgan fingerprint density at radius 3 is 1.52 bits per heavy atom. The highest BCUT2D eigenvalue weighted by Crippen LogP contribution is 2.29. The topological polar surface area (TPSA) is 627 Å². The fourth-order valence-electron chi connectivity index (χ4n) is 15.0. The molecule has 0 saturated carbocycles. The Kier molecular flexibility index (Phi) is 42.4. The number of nitrogens with two attached hydrogens (primary N) is 3. The Balaban J connectivity index is 1.32. The number of carbonyl (C=O) groups is 17. The minimum Gasteiger partial charge on any atom is -0.481 e. The van der Waals surface area contributed by atoms with Gasteiger partial charge in [-0.05, 0) is 178 Å². The van der Waals surface area contributed by atoms with Gasteiger partial charge in [-0.2, -0.15) is 11.8 Å². The third kappa shape index (κ3) is 31.0. The Morgan fingerprint density at radius 1 is 0.484 bits per heavy atom. The molecule has 4 heterocycles. The van der Waals surface area contributed by atoms with E-state index in [1.54, 1.807) is 64.4 Å². The summed E-state index contributed by atoms with van der Waals surface area (Å²) in [4.78, 5) is 243. The maximum absolute atomic E-state index is 15.1. The molecule has 3 saturated heterocycles. The Morgan fingerprint density at radius 2 is 0.959 bits per heavy atom. The van der Waals surface area contributed by atoms with Crippen molar-refractivity contribution < 1.29 is 107 Å². The summed E-state index contributed by atoms with van der Waals surface area (Å²) in [5.41, 5.74) is 18.8. The fourth-order valence-corrected chi connectivity index (χ4v) is 15.5. The van der Waals surface area contributed by atoms with Gasteiger partial charge in [-0.25, -0.2) is 4.79 Å². The van der Waals surface area contributed by atoms with Crippen LogP contribution < -0.4 is 75.7 Å². The third-order valence-corrected chi connectivity index (χ3v) is 22.6. The zero-order valence-corrected chi connectivity index (χ0v) is 72.3. The Bertz CT molecular complexity index is 3940. The van der Waals surface area contributed by atoms with Crippen molar-refractivity contribution in [2.24, 2.45) is 35.0 Å². The van der Waals surface area contributed by atoms with E-state index in [1.165, 1.54) is 35.4 Å². The molecule has 2 aromatic rings. The van der Waals surface area contributed by atoms with E-state index in [0.717, 1.165) is 11.8 Å². The molecular formula is C81H130N18O22S. The molecule has 41 heteroatoms. The van der Waals surface area contributed by atoms with E-state index in [4.69, 9.17) is 22.3 Å². The van der Waals surface area contributed by atoms with E-state index < -0.39 is 229 Å². The summed E-state index contributed by atoms with van der Waals surface area (Å²) in [5.74, 6) is -17.1.